The zero-order valence-electron chi connectivity index (χ0n) is 6.97. The first-order chi connectivity index (χ1) is 5.41. The molecule has 0 radical (unpaired) electrons. The molecule has 0 bridgehead atoms. The molecule has 2 heterocycles. The van der Waals surface area contributed by atoms with Crippen LogP contribution in [0.25, 0.3) is 0 Å². The summed E-state index contributed by atoms with van der Waals surface area (Å²) in [5, 5.41) is 0. The highest BCUT2D eigenvalue weighted by molar-refractivity contribution is 6.67. The van der Waals surface area contributed by atoms with Gasteiger partial charge in [-0.25, -0.2) is 0 Å². The van der Waals surface area contributed by atoms with Crippen molar-refractivity contribution in [2.24, 2.45) is 0 Å². The second-order valence-corrected chi connectivity index (χ2v) is 6.92. The molecule has 0 amide bonds. The topological polar surface area (TPSA) is 18.5 Å². The van der Waals surface area contributed by atoms with Crippen molar-refractivity contribution in [3.05, 3.63) is 0 Å². The van der Waals surface area contributed by atoms with Crippen molar-refractivity contribution in [1.82, 2.24) is 0 Å². The van der Waals surface area contributed by atoms with E-state index in [4.69, 9.17) is 8.85 Å². The van der Waals surface area contributed by atoms with Crippen LogP contribution in [0.2, 0.25) is 12.1 Å². The normalized spacial score (nSPS) is 30.5. The lowest BCUT2D eigenvalue weighted by Gasteiger charge is -2.36. The van der Waals surface area contributed by atoms with E-state index in [1.807, 2.05) is 0 Å². The summed E-state index contributed by atoms with van der Waals surface area (Å²) in [6.07, 6.45) is 5.18. The van der Waals surface area contributed by atoms with Crippen molar-refractivity contribution in [2.75, 3.05) is 13.2 Å². The second kappa shape index (κ2) is 3.25. The first-order valence-electron chi connectivity index (χ1n) is 4.69. The van der Waals surface area contributed by atoms with Gasteiger partial charge in [0.15, 0.2) is 0 Å². The third-order valence-corrected chi connectivity index (χ3v) is 6.33. The Morgan fingerprint density at radius 3 is 1.64 bits per heavy atom. The molecule has 2 aliphatic heterocycles. The summed E-state index contributed by atoms with van der Waals surface area (Å²) in [6, 6.07) is 2.51. The van der Waals surface area contributed by atoms with Gasteiger partial charge in [0.05, 0.1) is 0 Å². The van der Waals surface area contributed by atoms with Crippen LogP contribution >= 0.6 is 0 Å². The van der Waals surface area contributed by atoms with E-state index in [0.29, 0.717) is 0 Å². The van der Waals surface area contributed by atoms with Gasteiger partial charge >= 0.3 is 8.56 Å². The van der Waals surface area contributed by atoms with E-state index in [9.17, 15) is 0 Å². The molecule has 1 spiro atoms. The largest absolute Gasteiger partial charge is 0.394 e. The maximum Gasteiger partial charge on any atom is 0.338 e. The lowest BCUT2D eigenvalue weighted by atomic mass is 10.3. The summed E-state index contributed by atoms with van der Waals surface area (Å²) in [7, 11) is -1.57. The average Bonchev–Trinajstić information content (AvgIpc) is 2.07. The molecule has 0 N–H and O–H groups in total. The number of hydrogen-bond donors (Lipinski definition) is 0. The van der Waals surface area contributed by atoms with Crippen LogP contribution in [0.4, 0.5) is 0 Å². The highest BCUT2D eigenvalue weighted by atomic mass is 28.4. The molecule has 0 aromatic rings. The van der Waals surface area contributed by atoms with Crippen molar-refractivity contribution in [2.45, 2.75) is 37.8 Å². The summed E-state index contributed by atoms with van der Waals surface area (Å²) in [5.74, 6) is 0. The monoisotopic (exact) mass is 172 g/mol. The molecule has 11 heavy (non-hydrogen) atoms. The smallest absolute Gasteiger partial charge is 0.338 e. The SMILES string of the molecule is C1CC[Si]2(CCCCO2)OC1. The lowest BCUT2D eigenvalue weighted by molar-refractivity contribution is 0.131. The fourth-order valence-electron chi connectivity index (χ4n) is 1.96. The van der Waals surface area contributed by atoms with Crippen LogP contribution < -0.4 is 0 Å². The van der Waals surface area contributed by atoms with Gasteiger partial charge in [-0.15, -0.1) is 0 Å². The predicted molar refractivity (Wildman–Crippen MR) is 45.7 cm³/mol. The number of rotatable bonds is 0. The van der Waals surface area contributed by atoms with E-state index in [-0.39, 0.29) is 0 Å². The third-order valence-electron chi connectivity index (χ3n) is 2.63. The van der Waals surface area contributed by atoms with Crippen molar-refractivity contribution in [3.63, 3.8) is 0 Å². The fourth-order valence-corrected chi connectivity index (χ4v) is 5.49. The van der Waals surface area contributed by atoms with Gasteiger partial charge in [0, 0.05) is 13.2 Å². The third kappa shape index (κ3) is 1.66. The van der Waals surface area contributed by atoms with Crippen molar-refractivity contribution in [3.8, 4) is 0 Å². The van der Waals surface area contributed by atoms with Crippen LogP contribution in [0.5, 0.6) is 0 Å². The van der Waals surface area contributed by atoms with E-state index in [1.54, 1.807) is 0 Å². The molecule has 3 heteroatoms. The summed E-state index contributed by atoms with van der Waals surface area (Å²) in [4.78, 5) is 0. The van der Waals surface area contributed by atoms with Gasteiger partial charge < -0.3 is 8.85 Å². The van der Waals surface area contributed by atoms with Gasteiger partial charge in [0.2, 0.25) is 0 Å². The Hall–Kier alpha value is 0.137. The zero-order chi connectivity index (χ0) is 7.57. The van der Waals surface area contributed by atoms with Gasteiger partial charge in [-0.2, -0.15) is 0 Å². The predicted octanol–water partition coefficient (Wildman–Crippen LogP) is 2.05. The van der Waals surface area contributed by atoms with Crippen molar-refractivity contribution < 1.29 is 8.85 Å². The van der Waals surface area contributed by atoms with Gasteiger partial charge in [-0.1, -0.05) is 0 Å². The molecular formula is C8H16O2Si. The van der Waals surface area contributed by atoms with Gasteiger partial charge in [0.25, 0.3) is 0 Å². The molecule has 2 rings (SSSR count). The van der Waals surface area contributed by atoms with E-state index >= 15 is 0 Å². The van der Waals surface area contributed by atoms with Crippen LogP contribution in [0.15, 0.2) is 0 Å². The Kier molecular flexibility index (Phi) is 2.30. The molecule has 64 valence electrons. The summed E-state index contributed by atoms with van der Waals surface area (Å²) >= 11 is 0. The van der Waals surface area contributed by atoms with E-state index < -0.39 is 8.56 Å². The minimum atomic E-state index is -1.57. The average molecular weight is 172 g/mol. The maximum absolute atomic E-state index is 5.82. The molecule has 2 saturated heterocycles. The first-order valence-corrected chi connectivity index (χ1v) is 6.92. The molecule has 0 aromatic heterocycles. The lowest BCUT2D eigenvalue weighted by Crippen LogP contribution is -2.46. The first kappa shape index (κ1) is 7.77. The molecule has 0 atom stereocenters. The quantitative estimate of drug-likeness (QED) is 0.521. The van der Waals surface area contributed by atoms with E-state index in [2.05, 4.69) is 0 Å². The van der Waals surface area contributed by atoms with Crippen LogP contribution in [0.1, 0.15) is 25.7 Å². The molecule has 2 nitrogen and oxygen atoms in total. The minimum Gasteiger partial charge on any atom is -0.394 e. The molecule has 0 saturated carbocycles. The molecule has 2 aliphatic rings. The summed E-state index contributed by atoms with van der Waals surface area (Å²) < 4.78 is 11.6. The Morgan fingerprint density at radius 2 is 1.27 bits per heavy atom. The van der Waals surface area contributed by atoms with E-state index in [1.165, 1.54) is 37.8 Å². The standard InChI is InChI=1S/C8H16O2Si/c1-3-7-11(9-5-1)8-4-2-6-10-11/h1-8H2. The number of hydrogen-bond acceptors (Lipinski definition) is 2. The Labute approximate surface area is 69.1 Å². The maximum atomic E-state index is 5.82. The summed E-state index contributed by atoms with van der Waals surface area (Å²) in [6.45, 7) is 1.93. The highest BCUT2D eigenvalue weighted by Crippen LogP contribution is 2.31. The Bertz CT molecular complexity index is 107. The van der Waals surface area contributed by atoms with Gasteiger partial charge in [-0.3, -0.25) is 0 Å². The molecule has 0 aromatic carbocycles. The van der Waals surface area contributed by atoms with Gasteiger partial charge in [0.1, 0.15) is 0 Å². The van der Waals surface area contributed by atoms with Crippen LogP contribution in [-0.2, 0) is 8.85 Å². The second-order valence-electron chi connectivity index (χ2n) is 3.52. The van der Waals surface area contributed by atoms with Crippen molar-refractivity contribution >= 4 is 8.56 Å². The highest BCUT2D eigenvalue weighted by Gasteiger charge is 2.40. The Balaban J connectivity index is 1.94. The Morgan fingerprint density at radius 1 is 0.727 bits per heavy atom. The molecule has 0 aliphatic carbocycles. The molecular weight excluding hydrogens is 156 g/mol. The molecule has 2 fully saturated rings. The van der Waals surface area contributed by atoms with Crippen LogP contribution in [0, 0.1) is 0 Å². The molecule has 0 unspecified atom stereocenters. The fraction of sp³-hybridized carbons (Fsp3) is 1.00. The minimum absolute atomic E-state index is 0.965. The van der Waals surface area contributed by atoms with Gasteiger partial charge in [-0.05, 0) is 37.8 Å². The zero-order valence-corrected chi connectivity index (χ0v) is 7.97. The van der Waals surface area contributed by atoms with Crippen LogP contribution in [-0.4, -0.2) is 21.8 Å². The van der Waals surface area contributed by atoms with Crippen LogP contribution in [0.3, 0.4) is 0 Å². The summed E-state index contributed by atoms with van der Waals surface area (Å²) in [5.41, 5.74) is 0. The van der Waals surface area contributed by atoms with E-state index in [0.717, 1.165) is 13.2 Å². The van der Waals surface area contributed by atoms with Crippen molar-refractivity contribution in [1.29, 1.82) is 0 Å².